The van der Waals surface area contributed by atoms with E-state index >= 15 is 0 Å². The van der Waals surface area contributed by atoms with Crippen LogP contribution in [0.25, 0.3) is 10.9 Å². The van der Waals surface area contributed by atoms with Gasteiger partial charge in [-0.3, -0.25) is 4.90 Å². The molecule has 5 nitrogen and oxygen atoms in total. The Labute approximate surface area is 174 Å². The second kappa shape index (κ2) is 7.84. The second-order valence-corrected chi connectivity index (χ2v) is 6.45. The number of fused-ring (bicyclic) bond motifs is 3. The number of carbonyl (C=O) groups is 1. The number of nitrogens with zero attached hydrogens (tertiary/aromatic N) is 1. The summed E-state index contributed by atoms with van der Waals surface area (Å²) in [6.07, 6.45) is 0.803. The number of benzene rings is 2. The van der Waals surface area contributed by atoms with Crippen molar-refractivity contribution in [3.8, 4) is 5.75 Å². The van der Waals surface area contributed by atoms with Gasteiger partial charge in [0.15, 0.2) is 0 Å². The average Bonchev–Trinajstić information content (AvgIpc) is 2.98. The van der Waals surface area contributed by atoms with Crippen LogP contribution in [-0.4, -0.2) is 29.4 Å². The Bertz CT molecular complexity index is 923. The van der Waals surface area contributed by atoms with Gasteiger partial charge in [-0.05, 0) is 42.8 Å². The van der Waals surface area contributed by atoms with Gasteiger partial charge in [0.25, 0.3) is 0 Å². The molecule has 2 heterocycles. The Morgan fingerprint density at radius 1 is 1.27 bits per heavy atom. The van der Waals surface area contributed by atoms with Crippen molar-refractivity contribution in [1.29, 1.82) is 0 Å². The van der Waals surface area contributed by atoms with E-state index in [1.807, 2.05) is 55.6 Å². The number of hydrogen-bond acceptors (Lipinski definition) is 4. The molecule has 0 saturated carbocycles. The van der Waals surface area contributed by atoms with Crippen molar-refractivity contribution in [3.05, 3.63) is 65.4 Å². The van der Waals surface area contributed by atoms with Gasteiger partial charge in [0, 0.05) is 23.1 Å². The van der Waals surface area contributed by atoms with Crippen molar-refractivity contribution < 1.29 is 44.2 Å². The predicted octanol–water partition coefficient (Wildman–Crippen LogP) is -0.970. The molecule has 1 atom stereocenters. The molecular formula is C20H19N2NaO3. The van der Waals surface area contributed by atoms with Crippen molar-refractivity contribution in [3.63, 3.8) is 0 Å². The monoisotopic (exact) mass is 358 g/mol. The number of likely N-dealkylation sites (N-methyl/N-ethyl adjacent to an activating group) is 1. The molecular weight excluding hydrogens is 339 g/mol. The van der Waals surface area contributed by atoms with Gasteiger partial charge in [0.1, 0.15) is 12.4 Å². The molecule has 26 heavy (non-hydrogen) atoms. The van der Waals surface area contributed by atoms with Gasteiger partial charge >= 0.3 is 29.6 Å². The van der Waals surface area contributed by atoms with Gasteiger partial charge in [-0.25, -0.2) is 0 Å². The van der Waals surface area contributed by atoms with Crippen LogP contribution in [0.4, 0.5) is 0 Å². The molecule has 4 rings (SSSR count). The molecule has 0 spiro atoms. The fraction of sp³-hybridized carbons (Fsp3) is 0.250. The smallest absolute Gasteiger partial charge is 0.548 e. The summed E-state index contributed by atoms with van der Waals surface area (Å²) in [4.78, 5) is 16.6. The number of carbonyl (C=O) groups excluding carboxylic acids is 1. The Morgan fingerprint density at radius 2 is 2.04 bits per heavy atom. The molecule has 128 valence electrons. The number of carboxylic acids is 1. The standard InChI is InChI=1S/C20H20N2O3.Na/c1-22-10-9-15-16-11-14(25-12-13-5-3-2-4-6-13)7-8-17(16)21-18(15)19(22)20(23)24;/h2-8,11,19,21H,9-10,12H2,1H3,(H,23,24);/q;+1/p-1. The first-order chi connectivity index (χ1) is 12.1. The molecule has 1 unspecified atom stereocenters. The third-order valence-electron chi connectivity index (χ3n) is 4.81. The molecule has 6 heteroatoms. The topological polar surface area (TPSA) is 68.4 Å². The minimum absolute atomic E-state index is 0. The van der Waals surface area contributed by atoms with Crippen molar-refractivity contribution in [1.82, 2.24) is 9.88 Å². The summed E-state index contributed by atoms with van der Waals surface area (Å²) < 4.78 is 5.90. The van der Waals surface area contributed by atoms with Crippen molar-refractivity contribution >= 4 is 16.9 Å². The average molecular weight is 358 g/mol. The first-order valence-electron chi connectivity index (χ1n) is 8.36. The van der Waals surface area contributed by atoms with E-state index in [4.69, 9.17) is 4.74 Å². The fourth-order valence-electron chi connectivity index (χ4n) is 3.52. The quantitative estimate of drug-likeness (QED) is 0.610. The predicted molar refractivity (Wildman–Crippen MR) is 93.2 cm³/mol. The number of hydrogen-bond donors (Lipinski definition) is 1. The number of aliphatic carboxylic acids is 1. The van der Waals surface area contributed by atoms with Crippen LogP contribution >= 0.6 is 0 Å². The molecule has 1 aliphatic rings. The molecule has 0 aliphatic carbocycles. The van der Waals surface area contributed by atoms with Gasteiger partial charge in [-0.15, -0.1) is 0 Å². The first kappa shape index (κ1) is 19.0. The minimum atomic E-state index is -1.07. The summed E-state index contributed by atoms with van der Waals surface area (Å²) in [6, 6.07) is 15.1. The largest absolute Gasteiger partial charge is 1.00 e. The van der Waals surface area contributed by atoms with Crippen molar-refractivity contribution in [2.45, 2.75) is 19.1 Å². The number of nitrogens with one attached hydrogen (secondary N) is 1. The zero-order valence-corrected chi connectivity index (χ0v) is 17.0. The molecule has 0 fully saturated rings. The van der Waals surface area contributed by atoms with Gasteiger partial charge < -0.3 is 19.6 Å². The molecule has 0 saturated heterocycles. The van der Waals surface area contributed by atoms with Crippen LogP contribution in [0, 0.1) is 0 Å². The van der Waals surface area contributed by atoms with E-state index in [1.54, 1.807) is 4.90 Å². The van der Waals surface area contributed by atoms with E-state index in [-0.39, 0.29) is 29.6 Å². The summed E-state index contributed by atoms with van der Waals surface area (Å²) in [7, 11) is 1.81. The maximum Gasteiger partial charge on any atom is 1.00 e. The maximum absolute atomic E-state index is 11.5. The van der Waals surface area contributed by atoms with Crippen LogP contribution in [0.3, 0.4) is 0 Å². The molecule has 1 aliphatic heterocycles. The van der Waals surface area contributed by atoms with E-state index in [2.05, 4.69) is 4.98 Å². The number of ether oxygens (including phenoxy) is 1. The van der Waals surface area contributed by atoms with Gasteiger partial charge in [-0.1, -0.05) is 30.3 Å². The van der Waals surface area contributed by atoms with Crippen molar-refractivity contribution in [2.75, 3.05) is 13.6 Å². The van der Waals surface area contributed by atoms with Gasteiger partial charge in [0.05, 0.1) is 12.0 Å². The molecule has 0 bridgehead atoms. The Balaban J connectivity index is 0.00000196. The Kier molecular flexibility index (Phi) is 5.73. The molecule has 1 N–H and O–H groups in total. The number of aromatic amines is 1. The Morgan fingerprint density at radius 3 is 2.77 bits per heavy atom. The summed E-state index contributed by atoms with van der Waals surface area (Å²) >= 11 is 0. The second-order valence-electron chi connectivity index (χ2n) is 6.45. The number of aromatic nitrogens is 1. The third-order valence-corrected chi connectivity index (χ3v) is 4.81. The first-order valence-corrected chi connectivity index (χ1v) is 8.36. The van der Waals surface area contributed by atoms with Crippen molar-refractivity contribution in [2.24, 2.45) is 0 Å². The van der Waals surface area contributed by atoms with Crippen LogP contribution in [-0.2, 0) is 17.8 Å². The zero-order chi connectivity index (χ0) is 17.4. The number of carboxylic acid groups (broad SMARTS) is 1. The molecule has 3 aromatic rings. The summed E-state index contributed by atoms with van der Waals surface area (Å²) in [6.45, 7) is 1.19. The van der Waals surface area contributed by atoms with Gasteiger partial charge in [0.2, 0.25) is 0 Å². The maximum atomic E-state index is 11.5. The summed E-state index contributed by atoms with van der Waals surface area (Å²) in [5.74, 6) is -0.294. The Hall–Kier alpha value is -1.79. The number of rotatable bonds is 4. The van der Waals surface area contributed by atoms with E-state index < -0.39 is 12.0 Å². The molecule has 0 amide bonds. The zero-order valence-electron chi connectivity index (χ0n) is 15.0. The summed E-state index contributed by atoms with van der Waals surface area (Å²) in [5, 5.41) is 12.6. The molecule has 2 aromatic carbocycles. The third kappa shape index (κ3) is 3.53. The summed E-state index contributed by atoms with van der Waals surface area (Å²) in [5.41, 5.74) is 3.81. The van der Waals surface area contributed by atoms with E-state index in [1.165, 1.54) is 0 Å². The SMILES string of the molecule is CN1CCc2c([nH]c3ccc(OCc4ccccc4)cc23)C1C(=O)[O-].[Na+]. The normalized spacial score (nSPS) is 16.7. The minimum Gasteiger partial charge on any atom is -0.548 e. The van der Waals surface area contributed by atoms with Gasteiger partial charge in [-0.2, -0.15) is 0 Å². The molecule has 0 radical (unpaired) electrons. The van der Waals surface area contributed by atoms with Crippen LogP contribution < -0.4 is 39.4 Å². The van der Waals surface area contributed by atoms with E-state index in [9.17, 15) is 9.90 Å². The molecule has 1 aromatic heterocycles. The van der Waals surface area contributed by atoms with Crippen LogP contribution in [0.2, 0.25) is 0 Å². The number of H-pyrrole nitrogens is 1. The van der Waals surface area contributed by atoms with Crippen LogP contribution in [0.1, 0.15) is 22.9 Å². The van der Waals surface area contributed by atoms with E-state index in [0.717, 1.165) is 39.9 Å². The van der Waals surface area contributed by atoms with Crippen LogP contribution in [0.15, 0.2) is 48.5 Å². The van der Waals surface area contributed by atoms with Crippen LogP contribution in [0.5, 0.6) is 5.75 Å². The fourth-order valence-corrected chi connectivity index (χ4v) is 3.52. The van der Waals surface area contributed by atoms with E-state index in [0.29, 0.717) is 13.2 Å².